The molecule has 146 valence electrons. The number of ether oxygens (including phenoxy) is 2. The van der Waals surface area contributed by atoms with Crippen molar-refractivity contribution in [3.8, 4) is 5.75 Å². The molecule has 0 saturated carbocycles. The van der Waals surface area contributed by atoms with Crippen molar-refractivity contribution in [3.05, 3.63) is 58.7 Å². The first kappa shape index (κ1) is 21.6. The van der Waals surface area contributed by atoms with E-state index in [1.54, 1.807) is 0 Å². The van der Waals surface area contributed by atoms with Crippen LogP contribution in [-0.4, -0.2) is 25.3 Å². The number of carbonyl (C=O) groups is 1. The maximum atomic E-state index is 12.9. The van der Waals surface area contributed by atoms with Crippen LogP contribution in [0.5, 0.6) is 5.75 Å². The SMILES string of the molecule is CCOCCOc1ccc(PC(=O)c2c(C)cc(C(C)(C)C)cc2C)cc1. The maximum absolute atomic E-state index is 12.9. The third kappa shape index (κ3) is 6.16. The topological polar surface area (TPSA) is 35.5 Å². The Morgan fingerprint density at radius 3 is 2.11 bits per heavy atom. The Labute approximate surface area is 165 Å². The van der Waals surface area contributed by atoms with Crippen LogP contribution in [0.2, 0.25) is 0 Å². The summed E-state index contributed by atoms with van der Waals surface area (Å²) in [6.45, 7) is 14.4. The number of carbonyl (C=O) groups excluding carboxylic acids is 1. The number of hydrogen-bond acceptors (Lipinski definition) is 3. The standard InChI is InChI=1S/C23H31O3P/c1-7-25-12-13-26-19-8-10-20(11-9-19)27-22(24)21-16(2)14-18(15-17(21)3)23(4,5)6/h8-11,14-15,27H,7,12-13H2,1-6H3. The average molecular weight is 386 g/mol. The van der Waals surface area contributed by atoms with Crippen LogP contribution < -0.4 is 10.0 Å². The lowest BCUT2D eigenvalue weighted by Gasteiger charge is -2.22. The minimum atomic E-state index is 0.0807. The first-order chi connectivity index (χ1) is 12.7. The van der Waals surface area contributed by atoms with Crippen molar-refractivity contribution in [1.29, 1.82) is 0 Å². The molecule has 0 saturated heterocycles. The monoisotopic (exact) mass is 386 g/mol. The fraction of sp³-hybridized carbons (Fsp3) is 0.435. The summed E-state index contributed by atoms with van der Waals surface area (Å²) in [4.78, 5) is 12.9. The molecule has 27 heavy (non-hydrogen) atoms. The molecule has 2 aromatic carbocycles. The molecule has 0 aromatic heterocycles. The van der Waals surface area contributed by atoms with E-state index in [2.05, 4.69) is 32.9 Å². The summed E-state index contributed by atoms with van der Waals surface area (Å²) in [5.74, 6) is 0.803. The van der Waals surface area contributed by atoms with Gasteiger partial charge in [-0.2, -0.15) is 0 Å². The minimum Gasteiger partial charge on any atom is -0.491 e. The van der Waals surface area contributed by atoms with Gasteiger partial charge in [0.1, 0.15) is 12.4 Å². The third-order valence-corrected chi connectivity index (χ3v) is 5.54. The number of benzene rings is 2. The first-order valence-electron chi connectivity index (χ1n) is 9.46. The first-order valence-corrected chi connectivity index (χ1v) is 10.5. The van der Waals surface area contributed by atoms with Crippen molar-refractivity contribution in [3.63, 3.8) is 0 Å². The van der Waals surface area contributed by atoms with Crippen molar-refractivity contribution in [2.75, 3.05) is 19.8 Å². The molecule has 0 aliphatic rings. The van der Waals surface area contributed by atoms with Crippen molar-refractivity contribution in [2.45, 2.75) is 47.0 Å². The summed E-state index contributed by atoms with van der Waals surface area (Å²) in [6.07, 6.45) is 0. The molecule has 0 fully saturated rings. The third-order valence-electron chi connectivity index (χ3n) is 4.44. The molecule has 0 aliphatic carbocycles. The van der Waals surface area contributed by atoms with E-state index < -0.39 is 0 Å². The van der Waals surface area contributed by atoms with Gasteiger partial charge in [0, 0.05) is 12.2 Å². The Bertz CT molecular complexity index is 750. The maximum Gasteiger partial charge on any atom is 0.186 e. The van der Waals surface area contributed by atoms with Crippen molar-refractivity contribution in [1.82, 2.24) is 0 Å². The summed E-state index contributed by atoms with van der Waals surface area (Å²) < 4.78 is 10.9. The Morgan fingerprint density at radius 1 is 1.00 bits per heavy atom. The predicted octanol–water partition coefficient (Wildman–Crippen LogP) is 5.16. The molecule has 0 aliphatic heterocycles. The van der Waals surface area contributed by atoms with Crippen LogP contribution in [0.15, 0.2) is 36.4 Å². The molecule has 0 N–H and O–H groups in total. The Morgan fingerprint density at radius 2 is 1.59 bits per heavy atom. The summed E-state index contributed by atoms with van der Waals surface area (Å²) in [5, 5.41) is 1.02. The normalized spacial score (nSPS) is 11.9. The lowest BCUT2D eigenvalue weighted by molar-refractivity contribution is 0.108. The highest BCUT2D eigenvalue weighted by Gasteiger charge is 2.19. The van der Waals surface area contributed by atoms with Crippen molar-refractivity contribution in [2.24, 2.45) is 0 Å². The molecule has 1 atom stereocenters. The zero-order valence-corrected chi connectivity index (χ0v) is 18.3. The number of aryl methyl sites for hydroxylation is 2. The highest BCUT2D eigenvalue weighted by molar-refractivity contribution is 7.66. The molecular formula is C23H31O3P. The van der Waals surface area contributed by atoms with Crippen LogP contribution in [0.1, 0.15) is 54.7 Å². The second-order valence-electron chi connectivity index (χ2n) is 7.76. The zero-order chi connectivity index (χ0) is 20.0. The molecule has 0 heterocycles. The molecule has 0 radical (unpaired) electrons. The second kappa shape index (κ2) is 9.48. The highest BCUT2D eigenvalue weighted by atomic mass is 31.1. The number of hydrogen-bond donors (Lipinski definition) is 0. The van der Waals surface area contributed by atoms with Crippen LogP contribution >= 0.6 is 8.58 Å². The van der Waals surface area contributed by atoms with Gasteiger partial charge in [-0.1, -0.05) is 45.0 Å². The van der Waals surface area contributed by atoms with Crippen LogP contribution in [0.3, 0.4) is 0 Å². The summed E-state index contributed by atoms with van der Waals surface area (Å²) >= 11 is 0. The average Bonchev–Trinajstić information content (AvgIpc) is 2.58. The zero-order valence-electron chi connectivity index (χ0n) is 17.3. The van der Waals surface area contributed by atoms with Gasteiger partial charge in [-0.25, -0.2) is 0 Å². The summed E-state index contributed by atoms with van der Waals surface area (Å²) in [7, 11) is 0.111. The summed E-state index contributed by atoms with van der Waals surface area (Å²) in [5.41, 5.74) is 4.53. The van der Waals surface area contributed by atoms with Gasteiger partial charge in [-0.15, -0.1) is 0 Å². The van der Waals surface area contributed by atoms with E-state index in [4.69, 9.17) is 9.47 Å². The van der Waals surface area contributed by atoms with Gasteiger partial charge in [-0.3, -0.25) is 4.79 Å². The lowest BCUT2D eigenvalue weighted by atomic mass is 9.84. The van der Waals surface area contributed by atoms with Gasteiger partial charge in [-0.05, 0) is 68.9 Å². The molecule has 3 nitrogen and oxygen atoms in total. The van der Waals surface area contributed by atoms with Gasteiger partial charge in [0.05, 0.1) is 6.61 Å². The van der Waals surface area contributed by atoms with Crippen molar-refractivity contribution < 1.29 is 14.3 Å². The fourth-order valence-corrected chi connectivity index (χ4v) is 4.06. The van der Waals surface area contributed by atoms with Gasteiger partial charge < -0.3 is 9.47 Å². The smallest absolute Gasteiger partial charge is 0.186 e. The molecule has 2 aromatic rings. The quantitative estimate of drug-likeness (QED) is 0.464. The van der Waals surface area contributed by atoms with E-state index in [9.17, 15) is 4.79 Å². The predicted molar refractivity (Wildman–Crippen MR) is 115 cm³/mol. The van der Waals surface area contributed by atoms with E-state index in [0.717, 1.165) is 27.7 Å². The van der Waals surface area contributed by atoms with E-state index in [1.807, 2.05) is 45.0 Å². The molecule has 2 rings (SSSR count). The Hall–Kier alpha value is -1.70. The van der Waals surface area contributed by atoms with E-state index in [-0.39, 0.29) is 19.5 Å². The Kier molecular flexibility index (Phi) is 7.59. The molecule has 0 bridgehead atoms. The Balaban J connectivity index is 2.07. The van der Waals surface area contributed by atoms with Crippen LogP contribution in [0.4, 0.5) is 0 Å². The number of rotatable bonds is 8. The molecule has 0 amide bonds. The van der Waals surface area contributed by atoms with Gasteiger partial charge in [0.2, 0.25) is 0 Å². The molecule has 1 unspecified atom stereocenters. The van der Waals surface area contributed by atoms with Crippen molar-refractivity contribution >= 4 is 19.4 Å². The molecular weight excluding hydrogens is 355 g/mol. The lowest BCUT2D eigenvalue weighted by Crippen LogP contribution is -2.13. The van der Waals surface area contributed by atoms with Crippen LogP contribution in [-0.2, 0) is 10.2 Å². The summed E-state index contributed by atoms with van der Waals surface area (Å²) in [6, 6.07) is 12.1. The molecule has 4 heteroatoms. The van der Waals surface area contributed by atoms with E-state index in [0.29, 0.717) is 19.8 Å². The van der Waals surface area contributed by atoms with E-state index in [1.165, 1.54) is 5.56 Å². The minimum absolute atomic E-state index is 0.0807. The second-order valence-corrected chi connectivity index (χ2v) is 9.04. The van der Waals surface area contributed by atoms with Gasteiger partial charge in [0.25, 0.3) is 0 Å². The van der Waals surface area contributed by atoms with Crippen LogP contribution in [0.25, 0.3) is 0 Å². The van der Waals surface area contributed by atoms with Gasteiger partial charge in [0.15, 0.2) is 5.52 Å². The highest BCUT2D eigenvalue weighted by Crippen LogP contribution is 2.30. The molecule has 0 spiro atoms. The fourth-order valence-electron chi connectivity index (χ4n) is 2.95. The van der Waals surface area contributed by atoms with Crippen LogP contribution in [0, 0.1) is 13.8 Å². The van der Waals surface area contributed by atoms with E-state index >= 15 is 0 Å². The largest absolute Gasteiger partial charge is 0.491 e. The van der Waals surface area contributed by atoms with Gasteiger partial charge >= 0.3 is 0 Å².